The van der Waals surface area contributed by atoms with Crippen LogP contribution in [0.5, 0.6) is 0 Å². The Balaban J connectivity index is 1.74. The van der Waals surface area contributed by atoms with Gasteiger partial charge in [0.25, 0.3) is 5.91 Å². The molecule has 1 saturated heterocycles. The molecule has 0 aliphatic carbocycles. The van der Waals surface area contributed by atoms with Crippen molar-refractivity contribution in [1.29, 1.82) is 0 Å². The molecule has 32 heavy (non-hydrogen) atoms. The van der Waals surface area contributed by atoms with Gasteiger partial charge in [0.15, 0.2) is 15.8 Å². The van der Waals surface area contributed by atoms with E-state index in [0.29, 0.717) is 12.0 Å². The van der Waals surface area contributed by atoms with Gasteiger partial charge in [-0.25, -0.2) is 28.7 Å². The summed E-state index contributed by atoms with van der Waals surface area (Å²) in [4.78, 5) is 17.5. The summed E-state index contributed by atoms with van der Waals surface area (Å²) in [5.41, 5.74) is 7.09. The molecule has 10 heteroatoms. The lowest BCUT2D eigenvalue weighted by Crippen LogP contribution is -2.50. The van der Waals surface area contributed by atoms with E-state index in [1.54, 1.807) is 12.1 Å². The third-order valence-electron chi connectivity index (χ3n) is 4.71. The second-order valence-electron chi connectivity index (χ2n) is 8.75. The molecule has 0 aromatic heterocycles. The fourth-order valence-electron chi connectivity index (χ4n) is 3.18. The number of benzene rings is 2. The number of halogens is 1. The molecule has 8 nitrogen and oxygen atoms in total. The van der Waals surface area contributed by atoms with Crippen LogP contribution >= 0.6 is 0 Å². The van der Waals surface area contributed by atoms with E-state index in [1.807, 2.05) is 20.8 Å². The first-order valence-electron chi connectivity index (χ1n) is 10.1. The van der Waals surface area contributed by atoms with Crippen molar-refractivity contribution in [2.45, 2.75) is 49.8 Å². The average Bonchev–Trinajstić information content (AvgIpc) is 3.15. The van der Waals surface area contributed by atoms with Gasteiger partial charge in [0.2, 0.25) is 0 Å². The van der Waals surface area contributed by atoms with Crippen LogP contribution in [0.2, 0.25) is 0 Å². The van der Waals surface area contributed by atoms with Crippen LogP contribution in [0, 0.1) is 5.82 Å². The Labute approximate surface area is 187 Å². The van der Waals surface area contributed by atoms with Gasteiger partial charge < -0.3 is 5.32 Å². The van der Waals surface area contributed by atoms with Crippen molar-refractivity contribution < 1.29 is 17.6 Å². The summed E-state index contributed by atoms with van der Waals surface area (Å²) < 4.78 is 36.4. The number of hydrogen-bond donors (Lipinski definition) is 4. The van der Waals surface area contributed by atoms with E-state index < -0.39 is 15.7 Å². The maximum Gasteiger partial charge on any atom is 0.257 e. The van der Waals surface area contributed by atoms with Gasteiger partial charge in [-0.2, -0.15) is 0 Å². The number of sulfone groups is 1. The Morgan fingerprint density at radius 3 is 2.25 bits per heavy atom. The van der Waals surface area contributed by atoms with Gasteiger partial charge in [-0.05, 0) is 62.7 Å². The SMILES string of the molecule is CC(C)(C)NC(=NC1CC(c2ccc(F)cc2)NN1)NC(=O)c1ccc(S(C)(=O)=O)cc1. The Bertz CT molecular complexity index is 1090. The second-order valence-corrected chi connectivity index (χ2v) is 10.8. The van der Waals surface area contributed by atoms with E-state index in [4.69, 9.17) is 0 Å². The van der Waals surface area contributed by atoms with E-state index in [0.717, 1.165) is 11.8 Å². The number of hydrogen-bond acceptors (Lipinski definition) is 6. The number of carbonyl (C=O) groups excluding carboxylic acids is 1. The van der Waals surface area contributed by atoms with Crippen LogP contribution in [-0.2, 0) is 9.84 Å². The first-order valence-corrected chi connectivity index (χ1v) is 12.0. The van der Waals surface area contributed by atoms with E-state index in [1.165, 1.54) is 36.4 Å². The maximum absolute atomic E-state index is 13.2. The lowest BCUT2D eigenvalue weighted by atomic mass is 10.0. The highest BCUT2D eigenvalue weighted by Gasteiger charge is 2.26. The molecule has 1 aliphatic rings. The summed E-state index contributed by atoms with van der Waals surface area (Å²) in [7, 11) is -3.34. The van der Waals surface area contributed by atoms with Crippen molar-refractivity contribution in [3.8, 4) is 0 Å². The first kappa shape index (κ1) is 23.8. The van der Waals surface area contributed by atoms with Crippen LogP contribution in [0.25, 0.3) is 0 Å². The topological polar surface area (TPSA) is 112 Å². The average molecular weight is 462 g/mol. The summed E-state index contributed by atoms with van der Waals surface area (Å²) >= 11 is 0. The predicted molar refractivity (Wildman–Crippen MR) is 121 cm³/mol. The summed E-state index contributed by atoms with van der Waals surface area (Å²) in [6.07, 6.45) is 1.38. The van der Waals surface area contributed by atoms with Crippen LogP contribution in [0.15, 0.2) is 58.4 Å². The van der Waals surface area contributed by atoms with E-state index in [2.05, 4.69) is 26.5 Å². The normalized spacial score (nSPS) is 19.6. The monoisotopic (exact) mass is 461 g/mol. The van der Waals surface area contributed by atoms with Crippen LogP contribution < -0.4 is 21.5 Å². The minimum absolute atomic E-state index is 0.0560. The number of nitrogens with zero attached hydrogens (tertiary/aromatic N) is 1. The highest BCUT2D eigenvalue weighted by Crippen LogP contribution is 2.23. The summed E-state index contributed by atoms with van der Waals surface area (Å²) in [5.74, 6) is -0.423. The molecule has 2 unspecified atom stereocenters. The third kappa shape index (κ3) is 6.59. The number of hydrazine groups is 1. The molecule has 0 saturated carbocycles. The fraction of sp³-hybridized carbons (Fsp3) is 0.364. The van der Waals surface area contributed by atoms with Crippen molar-refractivity contribution in [2.24, 2.45) is 4.99 Å². The molecule has 2 aromatic carbocycles. The van der Waals surface area contributed by atoms with Gasteiger partial charge in [-0.15, -0.1) is 0 Å². The van der Waals surface area contributed by atoms with Crippen molar-refractivity contribution in [1.82, 2.24) is 21.5 Å². The molecular weight excluding hydrogens is 433 g/mol. The number of amides is 1. The Morgan fingerprint density at radius 1 is 1.06 bits per heavy atom. The van der Waals surface area contributed by atoms with Crippen molar-refractivity contribution >= 4 is 21.7 Å². The molecule has 3 rings (SSSR count). The quantitative estimate of drug-likeness (QED) is 0.411. The predicted octanol–water partition coefficient (Wildman–Crippen LogP) is 2.27. The van der Waals surface area contributed by atoms with Crippen molar-refractivity contribution in [2.75, 3.05) is 6.26 Å². The van der Waals surface area contributed by atoms with Gasteiger partial charge in [-0.3, -0.25) is 10.1 Å². The van der Waals surface area contributed by atoms with Gasteiger partial charge in [-0.1, -0.05) is 12.1 Å². The summed E-state index contributed by atoms with van der Waals surface area (Å²) in [5, 5.41) is 5.96. The molecule has 2 atom stereocenters. The molecular formula is C22H28FN5O3S. The molecule has 0 spiro atoms. The second kappa shape index (κ2) is 9.35. The van der Waals surface area contributed by atoms with E-state index >= 15 is 0 Å². The van der Waals surface area contributed by atoms with Crippen LogP contribution in [0.3, 0.4) is 0 Å². The lowest BCUT2D eigenvalue weighted by Gasteiger charge is -2.24. The number of rotatable bonds is 4. The van der Waals surface area contributed by atoms with Crippen LogP contribution in [-0.4, -0.2) is 38.2 Å². The fourth-order valence-corrected chi connectivity index (χ4v) is 3.81. The standard InChI is InChI=1S/C22H28FN5O3S/c1-22(2,3)26-21(25-20(29)15-7-11-17(12-8-15)32(4,30)31)24-19-13-18(27-28-19)14-5-9-16(23)10-6-14/h5-12,18-19,27-28H,13H2,1-4H3,(H2,24,25,26,29). The lowest BCUT2D eigenvalue weighted by molar-refractivity contribution is 0.0975. The van der Waals surface area contributed by atoms with Crippen LogP contribution in [0.1, 0.15) is 49.2 Å². The van der Waals surface area contributed by atoms with Gasteiger partial charge in [0.05, 0.1) is 4.90 Å². The third-order valence-corrected chi connectivity index (χ3v) is 5.84. The van der Waals surface area contributed by atoms with Crippen molar-refractivity contribution in [3.63, 3.8) is 0 Å². The zero-order chi connectivity index (χ0) is 23.5. The Kier molecular flexibility index (Phi) is 6.97. The summed E-state index contributed by atoms with van der Waals surface area (Å²) in [6, 6.07) is 11.9. The molecule has 1 fully saturated rings. The maximum atomic E-state index is 13.2. The molecule has 1 heterocycles. The Morgan fingerprint density at radius 2 is 1.69 bits per heavy atom. The zero-order valence-electron chi connectivity index (χ0n) is 18.4. The largest absolute Gasteiger partial charge is 0.351 e. The van der Waals surface area contributed by atoms with Crippen molar-refractivity contribution in [3.05, 3.63) is 65.5 Å². The molecule has 1 aliphatic heterocycles. The minimum Gasteiger partial charge on any atom is -0.351 e. The van der Waals surface area contributed by atoms with Gasteiger partial charge >= 0.3 is 0 Å². The first-order chi connectivity index (χ1) is 14.9. The molecule has 0 radical (unpaired) electrons. The van der Waals surface area contributed by atoms with Crippen LogP contribution in [0.4, 0.5) is 4.39 Å². The number of guanidine groups is 1. The molecule has 4 N–H and O–H groups in total. The highest BCUT2D eigenvalue weighted by molar-refractivity contribution is 7.90. The van der Waals surface area contributed by atoms with E-state index in [-0.39, 0.29) is 34.4 Å². The smallest absolute Gasteiger partial charge is 0.257 e. The Hall–Kier alpha value is -2.82. The zero-order valence-corrected chi connectivity index (χ0v) is 19.3. The molecule has 0 bridgehead atoms. The van der Waals surface area contributed by atoms with Gasteiger partial charge in [0, 0.05) is 29.8 Å². The molecule has 2 aromatic rings. The summed E-state index contributed by atoms with van der Waals surface area (Å²) in [6.45, 7) is 5.83. The number of nitrogens with one attached hydrogen (secondary N) is 4. The van der Waals surface area contributed by atoms with E-state index in [9.17, 15) is 17.6 Å². The number of aliphatic imine (C=N–C) groups is 1. The molecule has 1 amide bonds. The molecule has 172 valence electrons. The number of carbonyl (C=O) groups is 1. The minimum atomic E-state index is -3.34. The van der Waals surface area contributed by atoms with Gasteiger partial charge in [0.1, 0.15) is 12.0 Å². The highest BCUT2D eigenvalue weighted by atomic mass is 32.2.